The third-order valence-corrected chi connectivity index (χ3v) is 4.88. The van der Waals surface area contributed by atoms with Crippen LogP contribution in [0.15, 0.2) is 54.6 Å². The average Bonchev–Trinajstić information content (AvgIpc) is 2.51. The van der Waals surface area contributed by atoms with Gasteiger partial charge in [0.05, 0.1) is 0 Å². The summed E-state index contributed by atoms with van der Waals surface area (Å²) >= 11 is 0. The van der Waals surface area contributed by atoms with E-state index in [0.29, 0.717) is 0 Å². The molecule has 0 aliphatic heterocycles. The first-order valence-electron chi connectivity index (χ1n) is 9.46. The van der Waals surface area contributed by atoms with Crippen molar-refractivity contribution < 1.29 is 0 Å². The van der Waals surface area contributed by atoms with Crippen molar-refractivity contribution in [3.05, 3.63) is 82.4 Å². The predicted octanol–water partition coefficient (Wildman–Crippen LogP) is 7.55. The second kappa shape index (κ2) is 6.76. The number of hydrogen-bond donors (Lipinski definition) is 0. The Morgan fingerprint density at radius 2 is 0.885 bits per heavy atom. The van der Waals surface area contributed by atoms with Gasteiger partial charge in [-0.25, -0.2) is 0 Å². The SMILES string of the molecule is Cc1cc(C)cc(-c2cccc(-c3cc(C)cc(C)c3)c2C(C)(C)C)c1. The van der Waals surface area contributed by atoms with Crippen LogP contribution >= 0.6 is 0 Å². The van der Waals surface area contributed by atoms with Crippen LogP contribution in [0.1, 0.15) is 48.6 Å². The maximum atomic E-state index is 2.32. The summed E-state index contributed by atoms with van der Waals surface area (Å²) in [5.74, 6) is 0. The summed E-state index contributed by atoms with van der Waals surface area (Å²) in [5, 5.41) is 0. The molecule has 0 spiro atoms. The van der Waals surface area contributed by atoms with Gasteiger partial charge in [0.15, 0.2) is 0 Å². The molecule has 3 rings (SSSR count). The van der Waals surface area contributed by atoms with Crippen molar-refractivity contribution in [2.75, 3.05) is 0 Å². The molecule has 0 bridgehead atoms. The van der Waals surface area contributed by atoms with Gasteiger partial charge in [0.25, 0.3) is 0 Å². The lowest BCUT2D eigenvalue weighted by atomic mass is 9.77. The lowest BCUT2D eigenvalue weighted by molar-refractivity contribution is 0.593. The molecule has 0 saturated carbocycles. The normalized spacial score (nSPS) is 11.7. The molecule has 0 saturated heterocycles. The molecule has 3 aromatic rings. The molecule has 0 aromatic heterocycles. The molecule has 0 atom stereocenters. The Labute approximate surface area is 158 Å². The van der Waals surface area contributed by atoms with Gasteiger partial charge >= 0.3 is 0 Å². The number of hydrogen-bond acceptors (Lipinski definition) is 0. The predicted molar refractivity (Wildman–Crippen MR) is 115 cm³/mol. The van der Waals surface area contributed by atoms with E-state index in [1.165, 1.54) is 50.1 Å². The van der Waals surface area contributed by atoms with Crippen molar-refractivity contribution in [1.29, 1.82) is 0 Å². The molecule has 0 heteroatoms. The maximum Gasteiger partial charge on any atom is -0.0120 e. The van der Waals surface area contributed by atoms with Gasteiger partial charge in [-0.2, -0.15) is 0 Å². The molecular formula is C26H30. The van der Waals surface area contributed by atoms with E-state index < -0.39 is 0 Å². The molecule has 0 N–H and O–H groups in total. The Morgan fingerprint density at radius 1 is 0.538 bits per heavy atom. The van der Waals surface area contributed by atoms with Gasteiger partial charge in [-0.15, -0.1) is 0 Å². The van der Waals surface area contributed by atoms with Gasteiger partial charge in [0.1, 0.15) is 0 Å². The molecule has 0 aliphatic rings. The molecule has 0 heterocycles. The average molecular weight is 343 g/mol. The Morgan fingerprint density at radius 3 is 1.19 bits per heavy atom. The number of aryl methyl sites for hydroxylation is 4. The summed E-state index contributed by atoms with van der Waals surface area (Å²) in [6.07, 6.45) is 0. The summed E-state index contributed by atoms with van der Waals surface area (Å²) in [7, 11) is 0. The van der Waals surface area contributed by atoms with Crippen LogP contribution < -0.4 is 0 Å². The third-order valence-electron chi connectivity index (χ3n) is 4.88. The summed E-state index contributed by atoms with van der Waals surface area (Å²) in [4.78, 5) is 0. The van der Waals surface area contributed by atoms with Crippen LogP contribution in [-0.2, 0) is 5.41 Å². The fourth-order valence-electron chi connectivity index (χ4n) is 4.10. The molecule has 26 heavy (non-hydrogen) atoms. The highest BCUT2D eigenvalue weighted by Gasteiger charge is 2.23. The number of benzene rings is 3. The third kappa shape index (κ3) is 3.75. The fraction of sp³-hybridized carbons (Fsp3) is 0.308. The molecule has 0 unspecified atom stereocenters. The second-order valence-electron chi connectivity index (χ2n) is 8.73. The van der Waals surface area contributed by atoms with Crippen molar-refractivity contribution in [1.82, 2.24) is 0 Å². The molecule has 0 amide bonds. The first kappa shape index (κ1) is 18.5. The quantitative estimate of drug-likeness (QED) is 0.451. The van der Waals surface area contributed by atoms with Crippen molar-refractivity contribution in [3.63, 3.8) is 0 Å². The Hall–Kier alpha value is -2.34. The van der Waals surface area contributed by atoms with E-state index in [-0.39, 0.29) is 5.41 Å². The highest BCUT2D eigenvalue weighted by Crippen LogP contribution is 2.41. The zero-order valence-corrected chi connectivity index (χ0v) is 17.2. The summed E-state index contributed by atoms with van der Waals surface area (Å²) in [6.45, 7) is 15.7. The molecule has 3 aromatic carbocycles. The molecule has 0 radical (unpaired) electrons. The van der Waals surface area contributed by atoms with E-state index in [9.17, 15) is 0 Å². The van der Waals surface area contributed by atoms with Crippen LogP contribution in [-0.4, -0.2) is 0 Å². The van der Waals surface area contributed by atoms with Crippen molar-refractivity contribution in [2.24, 2.45) is 0 Å². The van der Waals surface area contributed by atoms with Gasteiger partial charge < -0.3 is 0 Å². The van der Waals surface area contributed by atoms with E-state index in [4.69, 9.17) is 0 Å². The minimum absolute atomic E-state index is 0.0568. The Balaban J connectivity index is 2.34. The van der Waals surface area contributed by atoms with Crippen LogP contribution in [0, 0.1) is 27.7 Å². The van der Waals surface area contributed by atoms with Crippen molar-refractivity contribution in [2.45, 2.75) is 53.9 Å². The highest BCUT2D eigenvalue weighted by molar-refractivity contribution is 5.81. The smallest absolute Gasteiger partial charge is 0.0120 e. The lowest BCUT2D eigenvalue weighted by Crippen LogP contribution is -2.15. The monoisotopic (exact) mass is 342 g/mol. The Kier molecular flexibility index (Phi) is 4.80. The summed E-state index contributed by atoms with van der Waals surface area (Å²) in [5.41, 5.74) is 12.1. The van der Waals surface area contributed by atoms with Crippen LogP contribution in [0.4, 0.5) is 0 Å². The minimum Gasteiger partial charge on any atom is -0.0610 e. The zero-order valence-electron chi connectivity index (χ0n) is 17.2. The lowest BCUT2D eigenvalue weighted by Gasteiger charge is -2.27. The zero-order chi connectivity index (χ0) is 19.1. The fourth-order valence-corrected chi connectivity index (χ4v) is 4.10. The van der Waals surface area contributed by atoms with Crippen molar-refractivity contribution in [3.8, 4) is 22.3 Å². The first-order chi connectivity index (χ1) is 12.1. The Bertz CT molecular complexity index is 842. The van der Waals surface area contributed by atoms with Crippen molar-refractivity contribution >= 4 is 0 Å². The van der Waals surface area contributed by atoms with Gasteiger partial charge in [-0.1, -0.05) is 97.6 Å². The second-order valence-corrected chi connectivity index (χ2v) is 8.73. The molecule has 134 valence electrons. The topological polar surface area (TPSA) is 0 Å². The van der Waals surface area contributed by atoms with Gasteiger partial charge in [0, 0.05) is 0 Å². The first-order valence-corrected chi connectivity index (χ1v) is 9.46. The standard InChI is InChI=1S/C26H30/c1-17-11-18(2)14-21(13-17)23-9-8-10-24(25(23)26(5,6)7)22-15-19(3)12-20(4)16-22/h8-16H,1-7H3. The molecule has 0 nitrogen and oxygen atoms in total. The van der Waals surface area contributed by atoms with Crippen LogP contribution in [0.3, 0.4) is 0 Å². The van der Waals surface area contributed by atoms with E-state index >= 15 is 0 Å². The van der Waals surface area contributed by atoms with Gasteiger partial charge in [-0.3, -0.25) is 0 Å². The minimum atomic E-state index is 0.0568. The highest BCUT2D eigenvalue weighted by atomic mass is 14.3. The number of rotatable bonds is 2. The largest absolute Gasteiger partial charge is 0.0610 e. The summed E-state index contributed by atoms with van der Waals surface area (Å²) < 4.78 is 0. The van der Waals surface area contributed by atoms with E-state index in [0.717, 1.165) is 0 Å². The molecule has 0 fully saturated rings. The van der Waals surface area contributed by atoms with E-state index in [1.54, 1.807) is 0 Å². The van der Waals surface area contributed by atoms with E-state index in [1.807, 2.05) is 0 Å². The van der Waals surface area contributed by atoms with Crippen LogP contribution in [0.2, 0.25) is 0 Å². The van der Waals surface area contributed by atoms with Crippen LogP contribution in [0.25, 0.3) is 22.3 Å². The molecule has 0 aliphatic carbocycles. The van der Waals surface area contributed by atoms with E-state index in [2.05, 4.69) is 103 Å². The van der Waals surface area contributed by atoms with Gasteiger partial charge in [0.2, 0.25) is 0 Å². The van der Waals surface area contributed by atoms with Gasteiger partial charge in [-0.05, 0) is 60.9 Å². The summed E-state index contributed by atoms with van der Waals surface area (Å²) in [6, 6.07) is 20.5. The van der Waals surface area contributed by atoms with Crippen LogP contribution in [0.5, 0.6) is 0 Å². The molecular weight excluding hydrogens is 312 g/mol. The maximum absolute atomic E-state index is 2.32.